The van der Waals surface area contributed by atoms with Crippen molar-refractivity contribution in [2.24, 2.45) is 0 Å². The number of alkyl carbamates (subject to hydrolysis) is 1. The molecule has 0 radical (unpaired) electrons. The molecular formula is C18H21NO5S. The molecule has 0 aliphatic rings. The van der Waals surface area contributed by atoms with E-state index in [2.05, 4.69) is 5.32 Å². The van der Waals surface area contributed by atoms with Crippen LogP contribution in [0.25, 0.3) is 0 Å². The number of benzene rings is 2. The number of ether oxygens (including phenoxy) is 2. The summed E-state index contributed by atoms with van der Waals surface area (Å²) in [4.78, 5) is 11.7. The van der Waals surface area contributed by atoms with Gasteiger partial charge < -0.3 is 14.8 Å². The lowest BCUT2D eigenvalue weighted by Crippen LogP contribution is -2.32. The first-order chi connectivity index (χ1) is 12.0. The number of nitrogens with one attached hydrogen (secondary N) is 1. The van der Waals surface area contributed by atoms with Gasteiger partial charge in [0.2, 0.25) is 0 Å². The molecule has 0 saturated carbocycles. The number of sulfone groups is 1. The van der Waals surface area contributed by atoms with E-state index in [-0.39, 0.29) is 18.0 Å². The van der Waals surface area contributed by atoms with Crippen LogP contribution in [0.1, 0.15) is 17.7 Å². The molecule has 25 heavy (non-hydrogen) atoms. The lowest BCUT2D eigenvalue weighted by atomic mass is 10.1. The minimum Gasteiger partial charge on any atom is -0.497 e. The van der Waals surface area contributed by atoms with Crippen molar-refractivity contribution in [3.63, 3.8) is 0 Å². The number of carbonyl (C=O) groups excluding carboxylic acids is 1. The van der Waals surface area contributed by atoms with Crippen LogP contribution in [0, 0.1) is 0 Å². The first kappa shape index (κ1) is 18.8. The van der Waals surface area contributed by atoms with Crippen molar-refractivity contribution in [2.45, 2.75) is 17.1 Å². The van der Waals surface area contributed by atoms with E-state index in [9.17, 15) is 13.2 Å². The molecule has 1 atom stereocenters. The van der Waals surface area contributed by atoms with Crippen LogP contribution < -0.4 is 10.1 Å². The van der Waals surface area contributed by atoms with Gasteiger partial charge in [0.1, 0.15) is 11.0 Å². The van der Waals surface area contributed by atoms with Gasteiger partial charge in [-0.15, -0.1) is 0 Å². The van der Waals surface area contributed by atoms with Crippen LogP contribution in [-0.2, 0) is 14.6 Å². The Morgan fingerprint density at radius 3 is 2.28 bits per heavy atom. The molecule has 134 valence electrons. The monoisotopic (exact) mass is 363 g/mol. The fourth-order valence-electron chi connectivity index (χ4n) is 2.36. The number of hydrogen-bond donors (Lipinski definition) is 1. The molecule has 0 aliphatic carbocycles. The van der Waals surface area contributed by atoms with E-state index >= 15 is 0 Å². The Morgan fingerprint density at radius 2 is 1.72 bits per heavy atom. The van der Waals surface area contributed by atoms with Crippen molar-refractivity contribution in [1.29, 1.82) is 0 Å². The largest absolute Gasteiger partial charge is 0.497 e. The summed E-state index contributed by atoms with van der Waals surface area (Å²) in [5.41, 5.74) is 0.593. The topological polar surface area (TPSA) is 81.7 Å². The third-order valence-electron chi connectivity index (χ3n) is 3.64. The Kier molecular flexibility index (Phi) is 6.41. The van der Waals surface area contributed by atoms with Crippen molar-refractivity contribution in [3.8, 4) is 5.75 Å². The Morgan fingerprint density at radius 1 is 1.08 bits per heavy atom. The molecular weight excluding hydrogens is 342 g/mol. The van der Waals surface area contributed by atoms with Crippen molar-refractivity contribution in [3.05, 3.63) is 60.2 Å². The highest BCUT2D eigenvalue weighted by molar-refractivity contribution is 7.91. The van der Waals surface area contributed by atoms with Gasteiger partial charge in [-0.2, -0.15) is 0 Å². The van der Waals surface area contributed by atoms with Crippen LogP contribution in [0.15, 0.2) is 59.5 Å². The maximum absolute atomic E-state index is 13.1. The van der Waals surface area contributed by atoms with Crippen molar-refractivity contribution in [2.75, 3.05) is 20.3 Å². The van der Waals surface area contributed by atoms with Crippen molar-refractivity contribution in [1.82, 2.24) is 5.32 Å². The molecule has 6 nitrogen and oxygen atoms in total. The van der Waals surface area contributed by atoms with Crippen LogP contribution in [0.5, 0.6) is 5.75 Å². The second kappa shape index (κ2) is 8.53. The molecule has 0 bridgehead atoms. The maximum Gasteiger partial charge on any atom is 0.407 e. The van der Waals surface area contributed by atoms with Crippen molar-refractivity contribution < 1.29 is 22.7 Å². The number of hydrogen-bond acceptors (Lipinski definition) is 5. The molecule has 1 amide bonds. The first-order valence-electron chi connectivity index (χ1n) is 7.82. The second-order valence-electron chi connectivity index (χ2n) is 5.22. The Labute approximate surface area is 147 Å². The predicted molar refractivity (Wildman–Crippen MR) is 94.4 cm³/mol. The molecule has 0 heterocycles. The quantitative estimate of drug-likeness (QED) is 0.818. The van der Waals surface area contributed by atoms with Gasteiger partial charge in [0.25, 0.3) is 0 Å². The van der Waals surface area contributed by atoms with Gasteiger partial charge in [0, 0.05) is 6.54 Å². The van der Waals surface area contributed by atoms with Gasteiger partial charge in [-0.1, -0.05) is 30.3 Å². The normalized spacial score (nSPS) is 12.2. The summed E-state index contributed by atoms with van der Waals surface area (Å²) in [6.07, 6.45) is -0.645. The SMILES string of the molecule is CCOC(=O)NCC(c1ccccc1)S(=O)(=O)c1ccc(OC)cc1. The van der Waals surface area contributed by atoms with Gasteiger partial charge in [-0.25, -0.2) is 13.2 Å². The number of amides is 1. The summed E-state index contributed by atoms with van der Waals surface area (Å²) in [6, 6.07) is 14.9. The summed E-state index contributed by atoms with van der Waals surface area (Å²) in [6.45, 7) is 1.81. The highest BCUT2D eigenvalue weighted by atomic mass is 32.2. The molecule has 1 unspecified atom stereocenters. The molecule has 2 rings (SSSR count). The fourth-order valence-corrected chi connectivity index (χ4v) is 4.02. The predicted octanol–water partition coefficient (Wildman–Crippen LogP) is 2.96. The number of carbonyl (C=O) groups is 1. The molecule has 2 aromatic carbocycles. The highest BCUT2D eigenvalue weighted by Crippen LogP contribution is 2.29. The van der Waals surface area contributed by atoms with E-state index < -0.39 is 21.2 Å². The average molecular weight is 363 g/mol. The van der Waals surface area contributed by atoms with Gasteiger partial charge in [-0.05, 0) is 36.8 Å². The Hall–Kier alpha value is -2.54. The molecule has 0 aliphatic heterocycles. The second-order valence-corrected chi connectivity index (χ2v) is 7.35. The zero-order valence-corrected chi connectivity index (χ0v) is 15.0. The van der Waals surface area contributed by atoms with Crippen LogP contribution >= 0.6 is 0 Å². The first-order valence-corrected chi connectivity index (χ1v) is 9.37. The van der Waals surface area contributed by atoms with E-state index in [1.165, 1.54) is 19.2 Å². The van der Waals surface area contributed by atoms with Gasteiger partial charge in [0.05, 0.1) is 18.6 Å². The van der Waals surface area contributed by atoms with Crippen LogP contribution in [-0.4, -0.2) is 34.8 Å². The van der Waals surface area contributed by atoms with Gasteiger partial charge in [0.15, 0.2) is 9.84 Å². The Balaban J connectivity index is 2.33. The van der Waals surface area contributed by atoms with E-state index in [4.69, 9.17) is 9.47 Å². The van der Waals surface area contributed by atoms with Crippen molar-refractivity contribution >= 4 is 15.9 Å². The smallest absolute Gasteiger partial charge is 0.407 e. The molecule has 0 spiro atoms. The lowest BCUT2D eigenvalue weighted by Gasteiger charge is -2.19. The van der Waals surface area contributed by atoms with Gasteiger partial charge in [-0.3, -0.25) is 0 Å². The number of methoxy groups -OCH3 is 1. The van der Waals surface area contributed by atoms with Gasteiger partial charge >= 0.3 is 6.09 Å². The Bertz CT molecular complexity index is 788. The number of rotatable bonds is 7. The zero-order valence-electron chi connectivity index (χ0n) is 14.1. The highest BCUT2D eigenvalue weighted by Gasteiger charge is 2.29. The van der Waals surface area contributed by atoms with E-state index in [1.54, 1.807) is 49.4 Å². The minimum absolute atomic E-state index is 0.0861. The van der Waals surface area contributed by atoms with Crippen LogP contribution in [0.4, 0.5) is 4.79 Å². The van der Waals surface area contributed by atoms with E-state index in [0.29, 0.717) is 11.3 Å². The van der Waals surface area contributed by atoms with E-state index in [0.717, 1.165) is 0 Å². The molecule has 2 aromatic rings. The minimum atomic E-state index is -3.72. The molecule has 0 fully saturated rings. The molecule has 7 heteroatoms. The van der Waals surface area contributed by atoms with Crippen LogP contribution in [0.3, 0.4) is 0 Å². The van der Waals surface area contributed by atoms with Crippen LogP contribution in [0.2, 0.25) is 0 Å². The summed E-state index contributed by atoms with van der Waals surface area (Å²) in [5.74, 6) is 0.569. The summed E-state index contributed by atoms with van der Waals surface area (Å²) >= 11 is 0. The standard InChI is InChI=1S/C18H21NO5S/c1-3-24-18(20)19-13-17(14-7-5-4-6-8-14)25(21,22)16-11-9-15(23-2)10-12-16/h4-12,17H,3,13H2,1-2H3,(H,19,20). The third-order valence-corrected chi connectivity index (χ3v) is 5.76. The maximum atomic E-state index is 13.1. The molecule has 1 N–H and O–H groups in total. The van der Waals surface area contributed by atoms with E-state index in [1.807, 2.05) is 0 Å². The average Bonchev–Trinajstić information content (AvgIpc) is 2.63. The third kappa shape index (κ3) is 4.73. The molecule has 0 saturated heterocycles. The zero-order chi connectivity index (χ0) is 18.3. The summed E-state index contributed by atoms with van der Waals surface area (Å²) in [7, 11) is -2.20. The fraction of sp³-hybridized carbons (Fsp3) is 0.278. The lowest BCUT2D eigenvalue weighted by molar-refractivity contribution is 0.152. The summed E-state index contributed by atoms with van der Waals surface area (Å²) in [5, 5.41) is 1.59. The molecule has 0 aromatic heterocycles. The summed E-state index contributed by atoms with van der Waals surface area (Å²) < 4.78 is 36.0.